The molecule has 2 saturated carbocycles. The van der Waals surface area contributed by atoms with E-state index in [1.807, 2.05) is 6.92 Å². The summed E-state index contributed by atoms with van der Waals surface area (Å²) in [4.78, 5) is 0.285. The van der Waals surface area contributed by atoms with E-state index in [2.05, 4.69) is 9.44 Å². The van der Waals surface area contributed by atoms with E-state index < -0.39 is 20.0 Å². The van der Waals surface area contributed by atoms with Gasteiger partial charge in [-0.15, -0.1) is 0 Å². The lowest BCUT2D eigenvalue weighted by molar-refractivity contribution is 0.280. The van der Waals surface area contributed by atoms with Crippen LogP contribution in [-0.4, -0.2) is 22.9 Å². The molecule has 4 rings (SSSR count). The Balaban J connectivity index is 1.44. The van der Waals surface area contributed by atoms with Crippen molar-refractivity contribution < 1.29 is 16.8 Å². The molecule has 0 spiro atoms. The predicted octanol–water partition coefficient (Wildman–Crippen LogP) is 3.59. The molecule has 0 aromatic heterocycles. The van der Waals surface area contributed by atoms with Gasteiger partial charge in [0, 0.05) is 11.7 Å². The number of hydrogen-bond acceptors (Lipinski definition) is 4. The van der Waals surface area contributed by atoms with Crippen LogP contribution in [0.2, 0.25) is 0 Å². The first-order chi connectivity index (χ1) is 13.7. The molecule has 0 radical (unpaired) electrons. The average molecular weight is 435 g/mol. The third-order valence-electron chi connectivity index (χ3n) is 6.25. The van der Waals surface area contributed by atoms with E-state index in [-0.39, 0.29) is 15.8 Å². The highest BCUT2D eigenvalue weighted by atomic mass is 32.2. The van der Waals surface area contributed by atoms with Gasteiger partial charge in [-0.2, -0.15) is 0 Å². The molecule has 2 aliphatic carbocycles. The fourth-order valence-electron chi connectivity index (χ4n) is 4.82. The van der Waals surface area contributed by atoms with Gasteiger partial charge >= 0.3 is 0 Å². The smallest absolute Gasteiger partial charge is 0.261 e. The van der Waals surface area contributed by atoms with Crippen molar-refractivity contribution in [1.29, 1.82) is 0 Å². The maximum Gasteiger partial charge on any atom is 0.261 e. The van der Waals surface area contributed by atoms with Crippen LogP contribution in [0.5, 0.6) is 0 Å². The second-order valence-electron chi connectivity index (χ2n) is 8.19. The lowest BCUT2D eigenvalue weighted by Crippen LogP contribution is -2.40. The van der Waals surface area contributed by atoms with Crippen molar-refractivity contribution in [2.75, 3.05) is 4.72 Å². The first kappa shape index (κ1) is 20.4. The fourth-order valence-corrected chi connectivity index (χ4v) is 7.20. The zero-order valence-corrected chi connectivity index (χ0v) is 17.9. The Bertz CT molecular complexity index is 1070. The maximum atomic E-state index is 12.8. The lowest BCUT2D eigenvalue weighted by atomic mass is 9.84. The summed E-state index contributed by atoms with van der Waals surface area (Å²) in [6.45, 7) is 1.95. The van der Waals surface area contributed by atoms with Crippen LogP contribution in [0.4, 0.5) is 5.69 Å². The minimum absolute atomic E-state index is 0.105. The molecule has 4 atom stereocenters. The summed E-state index contributed by atoms with van der Waals surface area (Å²) in [6.07, 6.45) is 4.82. The molecule has 29 heavy (non-hydrogen) atoms. The van der Waals surface area contributed by atoms with Crippen molar-refractivity contribution in [2.45, 2.75) is 48.4 Å². The molecular formula is C21H26N2O4S2. The van der Waals surface area contributed by atoms with Gasteiger partial charge in [-0.05, 0) is 80.3 Å². The van der Waals surface area contributed by atoms with Gasteiger partial charge in [0.15, 0.2) is 0 Å². The fraction of sp³-hybridized carbons (Fsp3) is 0.429. The Morgan fingerprint density at radius 3 is 2.07 bits per heavy atom. The minimum Gasteiger partial charge on any atom is -0.280 e. The molecule has 2 bridgehead atoms. The molecule has 0 aliphatic heterocycles. The molecule has 6 nitrogen and oxygen atoms in total. The van der Waals surface area contributed by atoms with Crippen molar-refractivity contribution in [3.05, 3.63) is 54.6 Å². The van der Waals surface area contributed by atoms with E-state index in [0.29, 0.717) is 17.5 Å². The first-order valence-corrected chi connectivity index (χ1v) is 12.9. The van der Waals surface area contributed by atoms with E-state index in [4.69, 9.17) is 0 Å². The zero-order chi connectivity index (χ0) is 20.6. The Labute approximate surface area is 172 Å². The van der Waals surface area contributed by atoms with Crippen LogP contribution in [-0.2, 0) is 20.0 Å². The molecule has 2 aromatic rings. The molecule has 4 unspecified atom stereocenters. The highest BCUT2D eigenvalue weighted by molar-refractivity contribution is 7.92. The van der Waals surface area contributed by atoms with E-state index in [9.17, 15) is 16.8 Å². The van der Waals surface area contributed by atoms with E-state index in [0.717, 1.165) is 12.3 Å². The summed E-state index contributed by atoms with van der Waals surface area (Å²) in [5.41, 5.74) is 0.314. The molecule has 2 N–H and O–H groups in total. The van der Waals surface area contributed by atoms with Crippen LogP contribution in [0.1, 0.15) is 32.6 Å². The van der Waals surface area contributed by atoms with Crippen molar-refractivity contribution in [2.24, 2.45) is 17.8 Å². The number of hydrogen-bond donors (Lipinski definition) is 2. The van der Waals surface area contributed by atoms with Crippen LogP contribution in [0, 0.1) is 17.8 Å². The van der Waals surface area contributed by atoms with Gasteiger partial charge in [0.25, 0.3) is 10.0 Å². The Kier molecular flexibility index (Phi) is 5.44. The van der Waals surface area contributed by atoms with Gasteiger partial charge in [0.1, 0.15) is 0 Å². The molecule has 0 saturated heterocycles. The Morgan fingerprint density at radius 2 is 1.48 bits per heavy atom. The van der Waals surface area contributed by atoms with Crippen LogP contribution in [0.25, 0.3) is 0 Å². The van der Waals surface area contributed by atoms with Gasteiger partial charge in [-0.1, -0.05) is 24.6 Å². The first-order valence-electron chi connectivity index (χ1n) is 9.95. The molecule has 0 heterocycles. The third-order valence-corrected chi connectivity index (χ3v) is 9.22. The SMILES string of the molecule is CC(NS(=O)(=O)c1ccc(NS(=O)(=O)c2ccccc2)cc1)C1CC2CCC1C2. The molecule has 2 fully saturated rings. The highest BCUT2D eigenvalue weighted by Gasteiger charge is 2.42. The van der Waals surface area contributed by atoms with Crippen LogP contribution in [0.15, 0.2) is 64.4 Å². The monoisotopic (exact) mass is 434 g/mol. The topological polar surface area (TPSA) is 92.3 Å². The van der Waals surface area contributed by atoms with Crippen LogP contribution >= 0.6 is 0 Å². The summed E-state index contributed by atoms with van der Waals surface area (Å²) in [5, 5.41) is 0. The van der Waals surface area contributed by atoms with Gasteiger partial charge < -0.3 is 0 Å². The minimum atomic E-state index is -3.71. The average Bonchev–Trinajstić information content (AvgIpc) is 3.32. The van der Waals surface area contributed by atoms with Gasteiger partial charge in [-0.25, -0.2) is 21.6 Å². The molecule has 156 valence electrons. The van der Waals surface area contributed by atoms with Crippen LogP contribution in [0.3, 0.4) is 0 Å². The van der Waals surface area contributed by atoms with E-state index >= 15 is 0 Å². The number of anilines is 1. The molecular weight excluding hydrogens is 408 g/mol. The van der Waals surface area contributed by atoms with E-state index in [1.54, 1.807) is 18.2 Å². The summed E-state index contributed by atoms with van der Waals surface area (Å²) in [6, 6.07) is 13.7. The summed E-state index contributed by atoms with van der Waals surface area (Å²) in [7, 11) is -7.37. The van der Waals surface area contributed by atoms with Crippen molar-refractivity contribution >= 4 is 25.7 Å². The predicted molar refractivity (Wildman–Crippen MR) is 112 cm³/mol. The van der Waals surface area contributed by atoms with E-state index in [1.165, 1.54) is 55.7 Å². The van der Waals surface area contributed by atoms with Crippen molar-refractivity contribution in [3.8, 4) is 0 Å². The number of benzene rings is 2. The molecule has 8 heteroatoms. The number of sulfonamides is 2. The summed E-state index contributed by atoms with van der Waals surface area (Å²) >= 11 is 0. The van der Waals surface area contributed by atoms with Gasteiger partial charge in [0.05, 0.1) is 9.79 Å². The Hall–Kier alpha value is -1.90. The standard InChI is InChI=1S/C21H26N2O4S2/c1-15(21-14-16-7-8-17(21)13-16)22-28(24,25)20-11-9-18(10-12-20)23-29(26,27)19-5-3-2-4-6-19/h2-6,9-12,15-17,21-23H,7-8,13-14H2,1H3. The highest BCUT2D eigenvalue weighted by Crippen LogP contribution is 2.49. The van der Waals surface area contributed by atoms with Crippen LogP contribution < -0.4 is 9.44 Å². The largest absolute Gasteiger partial charge is 0.280 e. The number of fused-ring (bicyclic) bond motifs is 2. The maximum absolute atomic E-state index is 12.8. The normalized spacial score (nSPS) is 25.1. The van der Waals surface area contributed by atoms with Gasteiger partial charge in [-0.3, -0.25) is 4.72 Å². The summed E-state index contributed by atoms with van der Waals surface area (Å²) < 4.78 is 55.6. The second-order valence-corrected chi connectivity index (χ2v) is 11.6. The molecule has 2 aliphatic rings. The Morgan fingerprint density at radius 1 is 0.828 bits per heavy atom. The number of nitrogens with one attached hydrogen (secondary N) is 2. The molecule has 2 aromatic carbocycles. The number of rotatable bonds is 7. The zero-order valence-electron chi connectivity index (χ0n) is 16.3. The lowest BCUT2D eigenvalue weighted by Gasteiger charge is -2.28. The third kappa shape index (κ3) is 4.34. The van der Waals surface area contributed by atoms with Gasteiger partial charge in [0.2, 0.25) is 10.0 Å². The van der Waals surface area contributed by atoms with Crippen molar-refractivity contribution in [3.63, 3.8) is 0 Å². The van der Waals surface area contributed by atoms with Crippen molar-refractivity contribution in [1.82, 2.24) is 4.72 Å². The molecule has 0 amide bonds. The quantitative estimate of drug-likeness (QED) is 0.697. The summed E-state index contributed by atoms with van der Waals surface area (Å²) in [5.74, 6) is 1.79. The second kappa shape index (κ2) is 7.74.